The predicted octanol–water partition coefficient (Wildman–Crippen LogP) is 2.96. The van der Waals surface area contributed by atoms with Gasteiger partial charge in [0.15, 0.2) is 0 Å². The van der Waals surface area contributed by atoms with Gasteiger partial charge in [-0.1, -0.05) is 6.92 Å². The van der Waals surface area contributed by atoms with Crippen LogP contribution in [0.3, 0.4) is 0 Å². The van der Waals surface area contributed by atoms with E-state index in [1.54, 1.807) is 17.5 Å². The molecule has 0 saturated heterocycles. The summed E-state index contributed by atoms with van der Waals surface area (Å²) in [5.41, 5.74) is 8.01. The van der Waals surface area contributed by atoms with E-state index in [0.717, 1.165) is 22.7 Å². The summed E-state index contributed by atoms with van der Waals surface area (Å²) >= 11 is 1.67. The van der Waals surface area contributed by atoms with Crippen molar-refractivity contribution in [1.82, 2.24) is 9.97 Å². The summed E-state index contributed by atoms with van der Waals surface area (Å²) in [7, 11) is 0. The van der Waals surface area contributed by atoms with Gasteiger partial charge >= 0.3 is 0 Å². The van der Waals surface area contributed by atoms with Crippen molar-refractivity contribution in [2.24, 2.45) is 5.73 Å². The molecule has 90 valence electrons. The number of rotatable bonds is 3. The largest absolute Gasteiger partial charge is 0.321 e. The van der Waals surface area contributed by atoms with Crippen molar-refractivity contribution < 1.29 is 0 Å². The number of nitrogens with two attached hydrogens (primary N) is 1. The van der Waals surface area contributed by atoms with Crippen molar-refractivity contribution >= 4 is 11.3 Å². The number of aromatic nitrogens is 2. The Kier molecular flexibility index (Phi) is 3.26. The highest BCUT2D eigenvalue weighted by Gasteiger charge is 2.22. The first-order valence-electron chi connectivity index (χ1n) is 5.72. The van der Waals surface area contributed by atoms with Crippen LogP contribution in [0.25, 0.3) is 10.6 Å². The summed E-state index contributed by atoms with van der Waals surface area (Å²) in [5, 5.41) is 1.00. The minimum absolute atomic E-state index is 0.330. The third kappa shape index (κ3) is 2.53. The lowest BCUT2D eigenvalue weighted by Gasteiger charge is -2.17. The molecule has 0 aliphatic rings. The van der Waals surface area contributed by atoms with Crippen LogP contribution >= 0.6 is 11.3 Å². The average Bonchev–Trinajstić information content (AvgIpc) is 2.74. The second-order valence-electron chi connectivity index (χ2n) is 4.61. The SMILES string of the molecule is CCc1nc(-c2cccnc2)sc1C(C)(C)N. The standard InChI is InChI=1S/C13H17N3S/c1-4-10-11(13(2,3)14)17-12(16-10)9-6-5-7-15-8-9/h5-8H,4,14H2,1-3H3. The zero-order valence-electron chi connectivity index (χ0n) is 10.4. The van der Waals surface area contributed by atoms with Gasteiger partial charge in [-0.3, -0.25) is 4.98 Å². The van der Waals surface area contributed by atoms with E-state index >= 15 is 0 Å². The molecule has 17 heavy (non-hydrogen) atoms. The Morgan fingerprint density at radius 1 is 1.41 bits per heavy atom. The van der Waals surface area contributed by atoms with Gasteiger partial charge in [-0.05, 0) is 32.4 Å². The molecule has 2 N–H and O–H groups in total. The molecule has 0 atom stereocenters. The molecular formula is C13H17N3S. The molecule has 0 radical (unpaired) electrons. The lowest BCUT2D eigenvalue weighted by Crippen LogP contribution is -2.28. The van der Waals surface area contributed by atoms with Gasteiger partial charge in [-0.25, -0.2) is 4.98 Å². The van der Waals surface area contributed by atoms with Gasteiger partial charge < -0.3 is 5.73 Å². The van der Waals surface area contributed by atoms with Crippen LogP contribution in [0.2, 0.25) is 0 Å². The monoisotopic (exact) mass is 247 g/mol. The summed E-state index contributed by atoms with van der Waals surface area (Å²) in [5.74, 6) is 0. The van der Waals surface area contributed by atoms with Crippen LogP contribution in [-0.2, 0) is 12.0 Å². The molecule has 0 saturated carbocycles. The number of nitrogens with zero attached hydrogens (tertiary/aromatic N) is 2. The van der Waals surface area contributed by atoms with Crippen molar-refractivity contribution in [2.45, 2.75) is 32.7 Å². The van der Waals surface area contributed by atoms with Crippen LogP contribution < -0.4 is 5.73 Å². The van der Waals surface area contributed by atoms with E-state index in [9.17, 15) is 0 Å². The molecule has 4 heteroatoms. The molecule has 2 rings (SSSR count). The lowest BCUT2D eigenvalue weighted by molar-refractivity contribution is 0.559. The van der Waals surface area contributed by atoms with Crippen molar-refractivity contribution in [2.75, 3.05) is 0 Å². The number of pyridine rings is 1. The second kappa shape index (κ2) is 4.55. The number of hydrogen-bond acceptors (Lipinski definition) is 4. The molecule has 0 amide bonds. The van der Waals surface area contributed by atoms with Crippen LogP contribution in [0.1, 0.15) is 31.3 Å². The third-order valence-electron chi connectivity index (χ3n) is 2.53. The molecular weight excluding hydrogens is 230 g/mol. The van der Waals surface area contributed by atoms with Crippen LogP contribution in [-0.4, -0.2) is 9.97 Å². The molecule has 0 aliphatic carbocycles. The maximum Gasteiger partial charge on any atom is 0.125 e. The van der Waals surface area contributed by atoms with Crippen molar-refractivity contribution in [3.8, 4) is 10.6 Å². The maximum absolute atomic E-state index is 6.18. The Labute approximate surface area is 106 Å². The highest BCUT2D eigenvalue weighted by Crippen LogP contribution is 2.33. The molecule has 2 aromatic rings. The molecule has 0 unspecified atom stereocenters. The fourth-order valence-electron chi connectivity index (χ4n) is 1.71. The summed E-state index contributed by atoms with van der Waals surface area (Å²) in [6, 6.07) is 3.95. The van der Waals surface area contributed by atoms with Gasteiger partial charge in [0.05, 0.1) is 5.69 Å². The minimum atomic E-state index is -0.330. The molecule has 0 spiro atoms. The number of thiazole rings is 1. The first-order valence-corrected chi connectivity index (χ1v) is 6.53. The maximum atomic E-state index is 6.18. The summed E-state index contributed by atoms with van der Waals surface area (Å²) in [4.78, 5) is 9.95. The smallest absolute Gasteiger partial charge is 0.125 e. The Balaban J connectivity index is 2.49. The van der Waals surface area contributed by atoms with E-state index in [4.69, 9.17) is 5.73 Å². The Morgan fingerprint density at radius 2 is 2.18 bits per heavy atom. The van der Waals surface area contributed by atoms with Gasteiger partial charge in [0.25, 0.3) is 0 Å². The summed E-state index contributed by atoms with van der Waals surface area (Å²) < 4.78 is 0. The van der Waals surface area contributed by atoms with Crippen molar-refractivity contribution in [3.63, 3.8) is 0 Å². The summed E-state index contributed by atoms with van der Waals surface area (Å²) in [6.45, 7) is 6.15. The second-order valence-corrected chi connectivity index (χ2v) is 5.61. The Hall–Kier alpha value is -1.26. The minimum Gasteiger partial charge on any atom is -0.321 e. The molecule has 2 aromatic heterocycles. The molecule has 0 fully saturated rings. The van der Waals surface area contributed by atoms with Gasteiger partial charge in [-0.2, -0.15) is 0 Å². The summed E-state index contributed by atoms with van der Waals surface area (Å²) in [6.07, 6.45) is 4.52. The zero-order valence-corrected chi connectivity index (χ0v) is 11.2. The van der Waals surface area contributed by atoms with Crippen LogP contribution in [0, 0.1) is 0 Å². The van der Waals surface area contributed by atoms with Crippen LogP contribution in [0.15, 0.2) is 24.5 Å². The lowest BCUT2D eigenvalue weighted by atomic mass is 10.0. The van der Waals surface area contributed by atoms with Gasteiger partial charge in [0, 0.05) is 28.4 Å². The van der Waals surface area contributed by atoms with Crippen molar-refractivity contribution in [1.29, 1.82) is 0 Å². The van der Waals surface area contributed by atoms with E-state index in [1.165, 1.54) is 4.88 Å². The van der Waals surface area contributed by atoms with Crippen molar-refractivity contribution in [3.05, 3.63) is 35.1 Å². The average molecular weight is 247 g/mol. The van der Waals surface area contributed by atoms with Gasteiger partial charge in [-0.15, -0.1) is 11.3 Å². The van der Waals surface area contributed by atoms with E-state index in [2.05, 4.69) is 16.9 Å². The fourth-order valence-corrected chi connectivity index (χ4v) is 2.87. The number of aryl methyl sites for hydroxylation is 1. The quantitative estimate of drug-likeness (QED) is 0.907. The highest BCUT2D eigenvalue weighted by atomic mass is 32.1. The molecule has 2 heterocycles. The Morgan fingerprint density at radius 3 is 2.65 bits per heavy atom. The van der Waals surface area contributed by atoms with E-state index in [-0.39, 0.29) is 5.54 Å². The van der Waals surface area contributed by atoms with Gasteiger partial charge in [0.1, 0.15) is 5.01 Å². The van der Waals surface area contributed by atoms with E-state index in [0.29, 0.717) is 0 Å². The Bertz CT molecular complexity index is 497. The first-order chi connectivity index (χ1) is 8.02. The fraction of sp³-hybridized carbons (Fsp3) is 0.385. The molecule has 0 bridgehead atoms. The highest BCUT2D eigenvalue weighted by molar-refractivity contribution is 7.15. The topological polar surface area (TPSA) is 51.8 Å². The van der Waals surface area contributed by atoms with E-state index < -0.39 is 0 Å². The van der Waals surface area contributed by atoms with Gasteiger partial charge in [0.2, 0.25) is 0 Å². The third-order valence-corrected chi connectivity index (χ3v) is 4.01. The zero-order chi connectivity index (χ0) is 12.5. The molecule has 3 nitrogen and oxygen atoms in total. The molecule has 0 aromatic carbocycles. The number of hydrogen-bond donors (Lipinski definition) is 1. The van der Waals surface area contributed by atoms with E-state index in [1.807, 2.05) is 32.2 Å². The molecule has 0 aliphatic heterocycles. The van der Waals surface area contributed by atoms with Crippen LogP contribution in [0.5, 0.6) is 0 Å². The predicted molar refractivity (Wildman–Crippen MR) is 71.9 cm³/mol. The normalized spacial score (nSPS) is 11.8. The first kappa shape index (κ1) is 12.2. The van der Waals surface area contributed by atoms with Crippen LogP contribution in [0.4, 0.5) is 0 Å².